The van der Waals surface area contributed by atoms with Crippen LogP contribution in [-0.4, -0.2) is 7.85 Å². The van der Waals surface area contributed by atoms with Crippen molar-refractivity contribution in [1.29, 1.82) is 0 Å². The molecule has 0 heterocycles. The van der Waals surface area contributed by atoms with E-state index in [0.29, 0.717) is 10.8 Å². The van der Waals surface area contributed by atoms with Crippen LogP contribution in [0.1, 0.15) is 120 Å². The fraction of sp³-hybridized carbons (Fsp3) is 0.964. The molecule has 0 saturated heterocycles. The Morgan fingerprint density at radius 1 is 1.00 bits per heavy atom. The zero-order chi connectivity index (χ0) is 22.3. The first-order valence-electron chi connectivity index (χ1n) is 13.5. The topological polar surface area (TPSA) is 0 Å². The third kappa shape index (κ3) is 5.45. The molecule has 0 N–H and O–H groups in total. The number of hydrogen-bond acceptors (Lipinski definition) is 0. The largest absolute Gasteiger partial charge is 0.311 e. The minimum absolute atomic E-state index is 0. The van der Waals surface area contributed by atoms with Crippen LogP contribution < -0.4 is 0 Å². The summed E-state index contributed by atoms with van der Waals surface area (Å²) in [6.07, 6.45) is 14.7. The Labute approximate surface area is 218 Å². The Hall–Kier alpha value is 1.17. The van der Waals surface area contributed by atoms with E-state index in [1.54, 1.807) is 5.92 Å². The van der Waals surface area contributed by atoms with Crippen molar-refractivity contribution in [2.24, 2.45) is 46.3 Å². The summed E-state index contributed by atoms with van der Waals surface area (Å²) in [4.78, 5) is 0. The van der Waals surface area contributed by atoms with Crippen molar-refractivity contribution in [3.05, 3.63) is 5.92 Å². The van der Waals surface area contributed by atoms with E-state index in [1.165, 1.54) is 57.8 Å². The van der Waals surface area contributed by atoms with Crippen molar-refractivity contribution in [2.45, 2.75) is 125 Å². The van der Waals surface area contributed by atoms with Gasteiger partial charge in [-0.2, -0.15) is 18.8 Å². The molecule has 169 valence electrons. The first-order chi connectivity index (χ1) is 13.9. The van der Waals surface area contributed by atoms with Crippen molar-refractivity contribution < 1.29 is 34.1 Å². The molecule has 0 bridgehead atoms. The van der Waals surface area contributed by atoms with E-state index in [1.807, 2.05) is 6.92 Å². The monoisotopic (exact) mass is 487 g/mol. The predicted molar refractivity (Wildman–Crippen MR) is 129 cm³/mol. The van der Waals surface area contributed by atoms with Gasteiger partial charge < -0.3 is 5.92 Å². The van der Waals surface area contributed by atoms with E-state index in [0.717, 1.165) is 48.3 Å². The van der Waals surface area contributed by atoms with Crippen LogP contribution in [0.15, 0.2) is 0 Å². The number of fused-ring (bicyclic) bond motifs is 3. The second kappa shape index (κ2) is 11.1. The van der Waals surface area contributed by atoms with Crippen molar-refractivity contribution in [1.82, 2.24) is 0 Å². The van der Waals surface area contributed by atoms with Gasteiger partial charge in [-0.15, -0.1) is 0 Å². The van der Waals surface area contributed by atoms with Crippen molar-refractivity contribution >= 4 is 7.85 Å². The molecule has 0 aromatic heterocycles. The summed E-state index contributed by atoms with van der Waals surface area (Å²) in [5.74, 6) is 6.24. The molecule has 8 atom stereocenters. The maximum Gasteiger partial charge on any atom is 0.0695 e. The molecule has 3 rings (SSSR count). The molecule has 0 nitrogen and oxygen atoms in total. The summed E-state index contributed by atoms with van der Waals surface area (Å²) in [5, 5.41) is 0. The third-order valence-electron chi connectivity index (χ3n) is 10.3. The number of rotatable bonds is 8. The molecule has 4 unspecified atom stereocenters. The predicted octanol–water partition coefficient (Wildman–Crippen LogP) is 8.66. The van der Waals surface area contributed by atoms with Gasteiger partial charge in [0.15, 0.2) is 0 Å². The van der Waals surface area contributed by atoms with Gasteiger partial charge >= 0.3 is 0 Å². The van der Waals surface area contributed by atoms with Gasteiger partial charge in [0.1, 0.15) is 0 Å². The molecule has 3 radical (unpaired) electrons. The van der Waals surface area contributed by atoms with Gasteiger partial charge in [0.2, 0.25) is 0 Å². The maximum atomic E-state index is 8.21. The summed E-state index contributed by atoms with van der Waals surface area (Å²) in [6, 6.07) is 0. The van der Waals surface area contributed by atoms with Crippen LogP contribution >= 0.6 is 0 Å². The maximum absolute atomic E-state index is 8.21. The number of hydrogen-bond donors (Lipinski definition) is 0. The molecule has 0 amide bonds. The summed E-state index contributed by atoms with van der Waals surface area (Å²) in [6.45, 7) is 16.8. The fourth-order valence-electron chi connectivity index (χ4n) is 8.35. The van der Waals surface area contributed by atoms with Crippen LogP contribution in [-0.2, 0) is 32.7 Å². The first-order valence-corrected chi connectivity index (χ1v) is 13.0. The van der Waals surface area contributed by atoms with E-state index in [-0.39, 0.29) is 32.7 Å². The molecular formula is C28H50BY-. The van der Waals surface area contributed by atoms with Crippen molar-refractivity contribution in [2.75, 3.05) is 0 Å². The molecule has 0 aromatic rings. The van der Waals surface area contributed by atoms with E-state index >= 15 is 0 Å². The molecule has 3 aliphatic carbocycles. The molecule has 30 heavy (non-hydrogen) atoms. The Balaban J connectivity index is 0.00000341. The summed E-state index contributed by atoms with van der Waals surface area (Å²) in [5.41, 5.74) is 0.870. The minimum atomic E-state index is -0.788. The van der Waals surface area contributed by atoms with Crippen LogP contribution in [0, 0.1) is 52.3 Å². The molecule has 3 aliphatic rings. The van der Waals surface area contributed by atoms with Crippen molar-refractivity contribution in [3.8, 4) is 0 Å². The Kier molecular flexibility index (Phi) is 9.51. The smallest absolute Gasteiger partial charge is 0.0695 e. The van der Waals surface area contributed by atoms with Gasteiger partial charge in [-0.05, 0) is 54.3 Å². The minimum Gasteiger partial charge on any atom is -0.311 e. The van der Waals surface area contributed by atoms with Crippen LogP contribution in [0.3, 0.4) is 0 Å². The van der Waals surface area contributed by atoms with Gasteiger partial charge in [-0.1, -0.05) is 98.2 Å². The average Bonchev–Trinajstić information content (AvgIpc) is 2.99. The Bertz CT molecular complexity index is 572. The van der Waals surface area contributed by atoms with Crippen molar-refractivity contribution in [3.63, 3.8) is 0 Å². The SMILES string of the molecule is [2H]C([B])(C)CC[C@@]1(C)[C-](C)CCC2C1CC[C@@]1(C)C2CC[C@@H]1[C@H](C)CCCC(C)C.[Y]. The van der Waals surface area contributed by atoms with Gasteiger partial charge in [0.05, 0.1) is 7.85 Å². The van der Waals surface area contributed by atoms with E-state index in [2.05, 4.69) is 41.5 Å². The normalized spacial score (nSPS) is 42.6. The van der Waals surface area contributed by atoms with E-state index in [9.17, 15) is 0 Å². The van der Waals surface area contributed by atoms with Gasteiger partial charge in [-0.25, -0.2) is 0 Å². The summed E-state index contributed by atoms with van der Waals surface area (Å²) >= 11 is 0. The Morgan fingerprint density at radius 3 is 2.33 bits per heavy atom. The van der Waals surface area contributed by atoms with Crippen LogP contribution in [0.25, 0.3) is 0 Å². The second-order valence-corrected chi connectivity index (χ2v) is 12.5. The molecule has 0 aliphatic heterocycles. The molecule has 3 saturated carbocycles. The van der Waals surface area contributed by atoms with E-state index in [4.69, 9.17) is 9.22 Å². The van der Waals surface area contributed by atoms with Gasteiger partial charge in [-0.3, -0.25) is 0 Å². The van der Waals surface area contributed by atoms with E-state index < -0.39 is 5.79 Å². The second-order valence-electron chi connectivity index (χ2n) is 12.5. The van der Waals surface area contributed by atoms with Crippen LogP contribution in [0.2, 0.25) is 5.79 Å². The quantitative estimate of drug-likeness (QED) is 0.237. The van der Waals surface area contributed by atoms with Gasteiger partial charge in [0.25, 0.3) is 0 Å². The molecule has 0 spiro atoms. The molecule has 0 aromatic carbocycles. The van der Waals surface area contributed by atoms with Crippen LogP contribution in [0.4, 0.5) is 0 Å². The first kappa shape index (κ1) is 25.8. The summed E-state index contributed by atoms with van der Waals surface area (Å²) in [7, 11) is 6.10. The van der Waals surface area contributed by atoms with Gasteiger partial charge in [0, 0.05) is 34.1 Å². The standard InChI is InChI=1S/C28H50B.Y/c1-19(2)9-8-10-20(3)24-13-14-25-23-12-11-21(4)27(6,17-15-22(5)29)26(23)16-18-28(24,25)7;/h19-20,22-26H,8-18H2,1-7H3;/q-1;/t20-,22?,23?,24-,25?,26?,27+,28-;/m1./s1/i22D;. The zero-order valence-electron chi connectivity index (χ0n) is 22.4. The molecular weight excluding hydrogens is 436 g/mol. The molecule has 3 fully saturated rings. The summed E-state index contributed by atoms with van der Waals surface area (Å²) < 4.78 is 8.21. The average molecular weight is 487 g/mol. The Morgan fingerprint density at radius 2 is 1.70 bits per heavy atom. The third-order valence-corrected chi connectivity index (χ3v) is 10.3. The zero-order valence-corrected chi connectivity index (χ0v) is 24.2. The molecule has 2 heteroatoms. The fourth-order valence-corrected chi connectivity index (χ4v) is 8.35. The van der Waals surface area contributed by atoms with Crippen LogP contribution in [0.5, 0.6) is 0 Å².